The first-order valence-electron chi connectivity index (χ1n) is 5.42. The number of likely N-dealkylation sites (N-methyl/N-ethyl adjacent to an activating group) is 1. The standard InChI is InChI=1S/C12H12Cl2N2O2.ClH/c1-15(2)3-4-16-9-6-7(13)5-8(14)10(9)11(17)12(16)18;/h5-6H,3-4H2,1-2H3;1H. The highest BCUT2D eigenvalue weighted by Crippen LogP contribution is 2.36. The molecule has 4 nitrogen and oxygen atoms in total. The second-order valence-corrected chi connectivity index (χ2v) is 5.21. The van der Waals surface area contributed by atoms with Gasteiger partial charge in [0.2, 0.25) is 0 Å². The zero-order valence-electron chi connectivity index (χ0n) is 10.4. The lowest BCUT2D eigenvalue weighted by Gasteiger charge is -2.19. The number of halogens is 3. The molecule has 0 radical (unpaired) electrons. The van der Waals surface area contributed by atoms with Gasteiger partial charge in [0, 0.05) is 18.1 Å². The van der Waals surface area contributed by atoms with Gasteiger partial charge in [0.25, 0.3) is 11.7 Å². The van der Waals surface area contributed by atoms with Gasteiger partial charge in [-0.15, -0.1) is 12.4 Å². The monoisotopic (exact) mass is 322 g/mol. The van der Waals surface area contributed by atoms with E-state index >= 15 is 0 Å². The molecular formula is C12H13Cl3N2O2. The molecule has 0 saturated heterocycles. The molecule has 0 aliphatic carbocycles. The number of nitrogens with zero attached hydrogens (tertiary/aromatic N) is 2. The molecule has 0 saturated carbocycles. The molecule has 0 fully saturated rings. The number of benzene rings is 1. The quantitative estimate of drug-likeness (QED) is 0.803. The largest absolute Gasteiger partial charge is 0.308 e. The topological polar surface area (TPSA) is 40.6 Å². The van der Waals surface area contributed by atoms with Gasteiger partial charge in [0.15, 0.2) is 0 Å². The third-order valence-electron chi connectivity index (χ3n) is 2.76. The number of Topliss-reactive ketones (excluding diaryl/α,β-unsaturated/α-hetero) is 1. The molecule has 2 rings (SSSR count). The molecule has 0 unspecified atom stereocenters. The molecule has 1 amide bonds. The fourth-order valence-corrected chi connectivity index (χ4v) is 2.43. The first-order valence-corrected chi connectivity index (χ1v) is 6.17. The van der Waals surface area contributed by atoms with Crippen molar-refractivity contribution in [1.82, 2.24) is 4.90 Å². The number of amides is 1. The lowest BCUT2D eigenvalue weighted by molar-refractivity contribution is -0.114. The minimum absolute atomic E-state index is 0. The summed E-state index contributed by atoms with van der Waals surface area (Å²) in [6.45, 7) is 1.09. The van der Waals surface area contributed by atoms with Crippen molar-refractivity contribution in [3.8, 4) is 0 Å². The van der Waals surface area contributed by atoms with Crippen LogP contribution in [0.15, 0.2) is 12.1 Å². The van der Waals surface area contributed by atoms with E-state index in [0.717, 1.165) is 0 Å². The lowest BCUT2D eigenvalue weighted by Crippen LogP contribution is -2.35. The van der Waals surface area contributed by atoms with Crippen LogP contribution >= 0.6 is 35.6 Å². The van der Waals surface area contributed by atoms with Crippen molar-refractivity contribution >= 4 is 53.0 Å². The van der Waals surface area contributed by atoms with Gasteiger partial charge in [-0.1, -0.05) is 23.2 Å². The van der Waals surface area contributed by atoms with Crippen LogP contribution in [0.25, 0.3) is 0 Å². The van der Waals surface area contributed by atoms with Crippen LogP contribution in [0.1, 0.15) is 10.4 Å². The van der Waals surface area contributed by atoms with Crippen LogP contribution in [0.2, 0.25) is 10.0 Å². The first kappa shape index (κ1) is 16.2. The van der Waals surface area contributed by atoms with E-state index in [-0.39, 0.29) is 23.0 Å². The van der Waals surface area contributed by atoms with Crippen LogP contribution in [0.4, 0.5) is 5.69 Å². The highest BCUT2D eigenvalue weighted by Gasteiger charge is 2.37. The van der Waals surface area contributed by atoms with Crippen LogP contribution in [0.5, 0.6) is 0 Å². The van der Waals surface area contributed by atoms with Gasteiger partial charge in [-0.3, -0.25) is 9.59 Å². The van der Waals surface area contributed by atoms with Crippen molar-refractivity contribution in [2.75, 3.05) is 32.1 Å². The number of fused-ring (bicyclic) bond motifs is 1. The van der Waals surface area contributed by atoms with Gasteiger partial charge in [-0.25, -0.2) is 0 Å². The summed E-state index contributed by atoms with van der Waals surface area (Å²) in [7, 11) is 3.79. The van der Waals surface area contributed by atoms with Gasteiger partial charge < -0.3 is 9.80 Å². The summed E-state index contributed by atoms with van der Waals surface area (Å²) < 4.78 is 0. The predicted molar refractivity (Wildman–Crippen MR) is 78.9 cm³/mol. The van der Waals surface area contributed by atoms with Crippen LogP contribution in [-0.4, -0.2) is 43.8 Å². The molecule has 0 atom stereocenters. The summed E-state index contributed by atoms with van der Waals surface area (Å²) in [6, 6.07) is 3.07. The minimum atomic E-state index is -0.564. The van der Waals surface area contributed by atoms with Gasteiger partial charge in [-0.05, 0) is 26.2 Å². The van der Waals surface area contributed by atoms with Crippen molar-refractivity contribution in [2.45, 2.75) is 0 Å². The van der Waals surface area contributed by atoms with Gasteiger partial charge in [-0.2, -0.15) is 0 Å². The molecule has 19 heavy (non-hydrogen) atoms. The molecule has 0 bridgehead atoms. The Morgan fingerprint density at radius 1 is 1.21 bits per heavy atom. The molecule has 1 heterocycles. The van der Waals surface area contributed by atoms with Crippen LogP contribution in [0.3, 0.4) is 0 Å². The van der Waals surface area contributed by atoms with E-state index in [1.54, 1.807) is 6.07 Å². The zero-order valence-corrected chi connectivity index (χ0v) is 12.8. The Morgan fingerprint density at radius 3 is 2.42 bits per heavy atom. The highest BCUT2D eigenvalue weighted by atomic mass is 35.5. The Bertz CT molecular complexity index is 532. The number of rotatable bonds is 3. The Hall–Kier alpha value is -0.810. The molecule has 1 aliphatic heterocycles. The van der Waals surface area contributed by atoms with Crippen LogP contribution < -0.4 is 4.90 Å². The van der Waals surface area contributed by atoms with Crippen molar-refractivity contribution < 1.29 is 9.59 Å². The fraction of sp³-hybridized carbons (Fsp3) is 0.333. The third-order valence-corrected chi connectivity index (χ3v) is 3.28. The summed E-state index contributed by atoms with van der Waals surface area (Å²) in [6.07, 6.45) is 0. The SMILES string of the molecule is CN(C)CCN1C(=O)C(=O)c2c(Cl)cc(Cl)cc21.Cl. The summed E-state index contributed by atoms with van der Waals surface area (Å²) in [5, 5.41) is 0.638. The normalized spacial score (nSPS) is 13.8. The minimum Gasteiger partial charge on any atom is -0.308 e. The number of carbonyl (C=O) groups excluding carboxylic acids is 2. The average Bonchev–Trinajstić information content (AvgIpc) is 2.49. The molecule has 104 valence electrons. The van der Waals surface area contributed by atoms with Gasteiger partial charge in [0.05, 0.1) is 16.3 Å². The number of anilines is 1. The molecule has 0 aromatic heterocycles. The first-order chi connectivity index (χ1) is 8.41. The molecule has 1 aliphatic rings. The van der Waals surface area contributed by atoms with E-state index in [4.69, 9.17) is 23.2 Å². The number of hydrogen-bond donors (Lipinski definition) is 0. The summed E-state index contributed by atoms with van der Waals surface area (Å²) in [5.74, 6) is -1.11. The van der Waals surface area contributed by atoms with Gasteiger partial charge >= 0.3 is 0 Å². The second-order valence-electron chi connectivity index (χ2n) is 4.37. The maximum absolute atomic E-state index is 11.9. The summed E-state index contributed by atoms with van der Waals surface area (Å²) in [4.78, 5) is 27.1. The van der Waals surface area contributed by atoms with E-state index < -0.39 is 11.7 Å². The van der Waals surface area contributed by atoms with E-state index in [1.165, 1.54) is 11.0 Å². The molecule has 0 spiro atoms. The predicted octanol–water partition coefficient (Wildman–Crippen LogP) is 2.51. The third kappa shape index (κ3) is 3.03. The Kier molecular flexibility index (Phi) is 5.21. The van der Waals surface area contributed by atoms with Crippen LogP contribution in [0, 0.1) is 0 Å². The second kappa shape index (κ2) is 6.09. The fourth-order valence-electron chi connectivity index (χ4n) is 1.86. The highest BCUT2D eigenvalue weighted by molar-refractivity contribution is 6.55. The molecular weight excluding hydrogens is 311 g/mol. The van der Waals surface area contributed by atoms with Gasteiger partial charge in [0.1, 0.15) is 0 Å². The Morgan fingerprint density at radius 2 is 1.84 bits per heavy atom. The van der Waals surface area contributed by atoms with Crippen molar-refractivity contribution in [3.05, 3.63) is 27.7 Å². The van der Waals surface area contributed by atoms with E-state index in [2.05, 4.69) is 0 Å². The smallest absolute Gasteiger partial charge is 0.299 e. The number of hydrogen-bond acceptors (Lipinski definition) is 3. The van der Waals surface area contributed by atoms with Crippen LogP contribution in [-0.2, 0) is 4.79 Å². The number of ketones is 1. The molecule has 1 aromatic rings. The Labute approximate surface area is 127 Å². The van der Waals surface area contributed by atoms with E-state index in [9.17, 15) is 9.59 Å². The summed E-state index contributed by atoms with van der Waals surface area (Å²) in [5.41, 5.74) is 0.758. The molecule has 0 N–H and O–H groups in total. The number of carbonyl (C=O) groups is 2. The lowest BCUT2D eigenvalue weighted by atomic mass is 10.1. The maximum atomic E-state index is 11.9. The Balaban J connectivity index is 0.00000180. The van der Waals surface area contributed by atoms with Crippen molar-refractivity contribution in [2.24, 2.45) is 0 Å². The maximum Gasteiger partial charge on any atom is 0.299 e. The van der Waals surface area contributed by atoms with E-state index in [1.807, 2.05) is 19.0 Å². The average molecular weight is 324 g/mol. The molecule has 1 aromatic carbocycles. The molecule has 7 heteroatoms. The van der Waals surface area contributed by atoms with Crippen molar-refractivity contribution in [1.29, 1.82) is 0 Å². The van der Waals surface area contributed by atoms with Crippen molar-refractivity contribution in [3.63, 3.8) is 0 Å². The van der Waals surface area contributed by atoms with E-state index in [0.29, 0.717) is 23.8 Å². The zero-order chi connectivity index (χ0) is 13.4. The summed E-state index contributed by atoms with van der Waals surface area (Å²) >= 11 is 11.9.